The van der Waals surface area contributed by atoms with Crippen molar-refractivity contribution >= 4 is 29.8 Å². The molecule has 0 heterocycles. The molecular weight excluding hydrogens is 331 g/mol. The summed E-state index contributed by atoms with van der Waals surface area (Å²) in [4.78, 5) is 8.28. The molecule has 0 bridgehead atoms. The van der Waals surface area contributed by atoms with E-state index in [-0.39, 0.29) is 28.9 Å². The van der Waals surface area contributed by atoms with Crippen molar-refractivity contribution in [3.05, 3.63) is 59.7 Å². The predicted octanol–water partition coefficient (Wildman–Crippen LogP) is 0.746. The fraction of sp³-hybridized carbons (Fsp3) is 0.263. The Balaban J connectivity index is 0.00000104. The zero-order valence-electron chi connectivity index (χ0n) is 14.5. The molecule has 2 rings (SSSR count). The van der Waals surface area contributed by atoms with Crippen LogP contribution in [0.4, 0.5) is 0 Å². The average molecular weight is 352 g/mol. The van der Waals surface area contributed by atoms with Gasteiger partial charge in [0.15, 0.2) is 0 Å². The molecule has 0 aliphatic carbocycles. The zero-order chi connectivity index (χ0) is 17.8. The van der Waals surface area contributed by atoms with Crippen LogP contribution in [0.15, 0.2) is 58.5 Å². The maximum Gasteiger partial charge on any atom is 3.00 e. The number of aliphatic imine (C=N–C) groups is 2. The van der Waals surface area contributed by atoms with E-state index in [9.17, 15) is 15.3 Å². The van der Waals surface area contributed by atoms with Crippen LogP contribution in [0.3, 0.4) is 0 Å². The van der Waals surface area contributed by atoms with Gasteiger partial charge in [0.05, 0.1) is 13.1 Å². The standard InChI is InChI=1S/C16H16N2O2.C3H7O.Al/c19-15-7-3-1-5-13(15)11-17-9-10-18-12-14-6-2-4-8-16(14)20;1-3(2)4;/h1-8,11-12,19-20H,9-10H2;3H,1-2H3;/q;-1;+3/p-2. The quantitative estimate of drug-likeness (QED) is 0.451. The second kappa shape index (κ2) is 13.2. The normalized spacial score (nSPS) is 10.6. The second-order valence-corrected chi connectivity index (χ2v) is 5.19. The van der Waals surface area contributed by atoms with Gasteiger partial charge in [-0.3, -0.25) is 9.98 Å². The predicted molar refractivity (Wildman–Crippen MR) is 97.6 cm³/mol. The number of nitrogens with zero attached hydrogens (tertiary/aromatic N) is 2. The van der Waals surface area contributed by atoms with Gasteiger partial charge >= 0.3 is 17.4 Å². The van der Waals surface area contributed by atoms with Crippen molar-refractivity contribution in [1.82, 2.24) is 0 Å². The first-order valence-electron chi connectivity index (χ1n) is 7.68. The molecule has 0 aliphatic heterocycles. The summed E-state index contributed by atoms with van der Waals surface area (Å²) in [6.07, 6.45) is 2.69. The van der Waals surface area contributed by atoms with Gasteiger partial charge in [0.1, 0.15) is 0 Å². The zero-order valence-corrected chi connectivity index (χ0v) is 15.6. The maximum atomic E-state index is 11.4. The minimum Gasteiger partial charge on any atom is -0.872 e. The molecular formula is C19H21AlN2O3. The molecule has 6 heteroatoms. The average Bonchev–Trinajstić information content (AvgIpc) is 2.53. The minimum absolute atomic E-state index is 0. The van der Waals surface area contributed by atoms with Gasteiger partial charge in [-0.25, -0.2) is 0 Å². The van der Waals surface area contributed by atoms with Crippen molar-refractivity contribution in [3.63, 3.8) is 0 Å². The van der Waals surface area contributed by atoms with E-state index in [2.05, 4.69) is 9.98 Å². The van der Waals surface area contributed by atoms with Crippen LogP contribution in [0.5, 0.6) is 11.5 Å². The van der Waals surface area contributed by atoms with Crippen molar-refractivity contribution in [1.29, 1.82) is 0 Å². The largest absolute Gasteiger partial charge is 3.00 e. The van der Waals surface area contributed by atoms with Gasteiger partial charge in [0.25, 0.3) is 0 Å². The minimum atomic E-state index is -0.417. The number of rotatable bonds is 5. The van der Waals surface area contributed by atoms with Crippen LogP contribution in [0.25, 0.3) is 0 Å². The summed E-state index contributed by atoms with van der Waals surface area (Å²) in [5.41, 5.74) is 1.14. The van der Waals surface area contributed by atoms with Crippen LogP contribution in [0.2, 0.25) is 0 Å². The van der Waals surface area contributed by atoms with Crippen LogP contribution in [-0.4, -0.2) is 49.0 Å². The summed E-state index contributed by atoms with van der Waals surface area (Å²) in [5.74, 6) is -0.0833. The first kappa shape index (κ1) is 22.9. The Kier molecular flexibility index (Phi) is 12.1. The van der Waals surface area contributed by atoms with Gasteiger partial charge in [-0.1, -0.05) is 62.4 Å². The third-order valence-corrected chi connectivity index (χ3v) is 2.66. The number of para-hydroxylation sites is 2. The third kappa shape index (κ3) is 10.4. The fourth-order valence-electron chi connectivity index (χ4n) is 1.62. The van der Waals surface area contributed by atoms with Crippen LogP contribution < -0.4 is 15.3 Å². The summed E-state index contributed by atoms with van der Waals surface area (Å²) >= 11 is 0. The first-order valence-corrected chi connectivity index (χ1v) is 7.68. The van der Waals surface area contributed by atoms with E-state index in [1.54, 1.807) is 62.7 Å². The SMILES string of the molecule is CC(C)[O-].[Al+3].[O-]c1ccccc1C=NCCN=Cc1ccccc1[O-]. The van der Waals surface area contributed by atoms with Gasteiger partial charge < -0.3 is 15.3 Å². The molecule has 0 radical (unpaired) electrons. The molecule has 25 heavy (non-hydrogen) atoms. The van der Waals surface area contributed by atoms with Crippen molar-refractivity contribution in [3.8, 4) is 11.5 Å². The summed E-state index contributed by atoms with van der Waals surface area (Å²) < 4.78 is 0. The molecule has 0 unspecified atom stereocenters. The van der Waals surface area contributed by atoms with Gasteiger partial charge in [0.2, 0.25) is 0 Å². The molecule has 0 aromatic heterocycles. The monoisotopic (exact) mass is 352 g/mol. The van der Waals surface area contributed by atoms with E-state index in [0.717, 1.165) is 0 Å². The molecule has 0 fully saturated rings. The smallest absolute Gasteiger partial charge is 0.872 e. The maximum absolute atomic E-state index is 11.4. The van der Waals surface area contributed by atoms with Crippen LogP contribution in [0, 0.1) is 0 Å². The number of benzene rings is 2. The molecule has 2 aromatic carbocycles. The summed E-state index contributed by atoms with van der Waals surface area (Å²) in [6.45, 7) is 4.18. The van der Waals surface area contributed by atoms with Gasteiger partial charge in [0, 0.05) is 12.4 Å². The van der Waals surface area contributed by atoms with Gasteiger partial charge in [-0.15, -0.1) is 17.6 Å². The molecule has 0 N–H and O–H groups in total. The molecule has 128 valence electrons. The van der Waals surface area contributed by atoms with E-state index >= 15 is 0 Å². The van der Waals surface area contributed by atoms with Crippen LogP contribution in [-0.2, 0) is 0 Å². The Bertz CT molecular complexity index is 615. The van der Waals surface area contributed by atoms with E-state index < -0.39 is 6.10 Å². The first-order chi connectivity index (χ1) is 11.5. The van der Waals surface area contributed by atoms with Crippen molar-refractivity contribution in [2.45, 2.75) is 20.0 Å². The molecule has 5 nitrogen and oxygen atoms in total. The molecule has 0 aliphatic rings. The number of hydrogen-bond donors (Lipinski definition) is 0. The molecule has 0 saturated carbocycles. The van der Waals surface area contributed by atoms with Crippen LogP contribution >= 0.6 is 0 Å². The molecule has 0 spiro atoms. The van der Waals surface area contributed by atoms with Gasteiger partial charge in [-0.2, -0.15) is 0 Å². The number of hydrogen-bond acceptors (Lipinski definition) is 5. The van der Waals surface area contributed by atoms with Crippen molar-refractivity contribution in [2.24, 2.45) is 9.98 Å². The summed E-state index contributed by atoms with van der Waals surface area (Å²) in [5, 5.41) is 32.3. The van der Waals surface area contributed by atoms with E-state index in [4.69, 9.17) is 0 Å². The van der Waals surface area contributed by atoms with E-state index in [1.807, 2.05) is 0 Å². The topological polar surface area (TPSA) is 93.9 Å². The Morgan fingerprint density at radius 1 is 0.800 bits per heavy atom. The van der Waals surface area contributed by atoms with E-state index in [1.165, 1.54) is 12.1 Å². The Morgan fingerprint density at radius 3 is 1.44 bits per heavy atom. The Labute approximate surface area is 159 Å². The summed E-state index contributed by atoms with van der Waals surface area (Å²) in [6, 6.07) is 13.5. The van der Waals surface area contributed by atoms with E-state index in [0.29, 0.717) is 24.2 Å². The fourth-order valence-corrected chi connectivity index (χ4v) is 1.62. The molecule has 0 saturated heterocycles. The van der Waals surface area contributed by atoms with Crippen molar-refractivity contribution < 1.29 is 15.3 Å². The van der Waals surface area contributed by atoms with Crippen molar-refractivity contribution in [2.75, 3.05) is 13.1 Å². The molecule has 0 atom stereocenters. The van der Waals surface area contributed by atoms with Gasteiger partial charge in [-0.05, 0) is 11.1 Å². The molecule has 2 aromatic rings. The second-order valence-electron chi connectivity index (χ2n) is 5.19. The third-order valence-electron chi connectivity index (χ3n) is 2.66. The van der Waals surface area contributed by atoms with Crippen LogP contribution in [0.1, 0.15) is 25.0 Å². The molecule has 0 amide bonds. The Morgan fingerprint density at radius 2 is 1.12 bits per heavy atom. The summed E-state index contributed by atoms with van der Waals surface area (Å²) in [7, 11) is 0. The Hall–Kier alpha value is -2.13.